The highest BCUT2D eigenvalue weighted by molar-refractivity contribution is 5.73. The molecule has 1 aromatic heterocycles. The topological polar surface area (TPSA) is 68.7 Å². The molecule has 5 nitrogen and oxygen atoms in total. The van der Waals surface area contributed by atoms with Crippen molar-refractivity contribution in [2.24, 2.45) is 0 Å². The molecule has 0 radical (unpaired) electrons. The molecule has 3 rings (SSSR count). The molecule has 1 saturated carbocycles. The van der Waals surface area contributed by atoms with Crippen LogP contribution >= 0.6 is 0 Å². The Balaban J connectivity index is 1.84. The van der Waals surface area contributed by atoms with Gasteiger partial charge in [0.1, 0.15) is 11.9 Å². The Labute approximate surface area is 128 Å². The number of pyridine rings is 1. The molecule has 114 valence electrons. The zero-order chi connectivity index (χ0) is 15.5. The molecule has 5 heteroatoms. The predicted octanol–water partition coefficient (Wildman–Crippen LogP) is 2.93. The number of aliphatic carboxylic acids is 1. The highest BCUT2D eigenvalue weighted by Crippen LogP contribution is 2.29. The van der Waals surface area contributed by atoms with E-state index in [0.29, 0.717) is 23.3 Å². The molecule has 0 amide bonds. The summed E-state index contributed by atoms with van der Waals surface area (Å²) >= 11 is 0. The minimum absolute atomic E-state index is 0.0761. The smallest absolute Gasteiger partial charge is 0.307 e. The number of benzene rings is 1. The van der Waals surface area contributed by atoms with Crippen molar-refractivity contribution in [2.75, 3.05) is 7.11 Å². The van der Waals surface area contributed by atoms with Crippen molar-refractivity contribution >= 4 is 5.97 Å². The maximum absolute atomic E-state index is 11.0. The lowest BCUT2D eigenvalue weighted by atomic mass is 10.0. The van der Waals surface area contributed by atoms with Gasteiger partial charge in [-0.3, -0.25) is 4.79 Å². The summed E-state index contributed by atoms with van der Waals surface area (Å²) in [5, 5.41) is 8.99. The van der Waals surface area contributed by atoms with Crippen LogP contribution in [0.25, 0.3) is 11.1 Å². The third kappa shape index (κ3) is 3.36. The summed E-state index contributed by atoms with van der Waals surface area (Å²) in [7, 11) is 1.53. The lowest BCUT2D eigenvalue weighted by Crippen LogP contribution is -2.02. The van der Waals surface area contributed by atoms with Crippen molar-refractivity contribution in [2.45, 2.75) is 25.4 Å². The minimum atomic E-state index is -0.887. The van der Waals surface area contributed by atoms with Crippen LogP contribution in [0.3, 0.4) is 0 Å². The monoisotopic (exact) mass is 299 g/mol. The van der Waals surface area contributed by atoms with Gasteiger partial charge < -0.3 is 14.6 Å². The zero-order valence-corrected chi connectivity index (χ0v) is 12.3. The number of aromatic nitrogens is 1. The lowest BCUT2D eigenvalue weighted by Gasteiger charge is -2.10. The van der Waals surface area contributed by atoms with E-state index in [1.165, 1.54) is 7.11 Å². The fraction of sp³-hybridized carbons (Fsp3) is 0.294. The number of carboxylic acid groups (broad SMARTS) is 1. The SMILES string of the molecule is COc1ccc(-c2ccc(OC3CC3)nc2)cc1CC(=O)O. The van der Waals surface area contributed by atoms with Gasteiger partial charge >= 0.3 is 5.97 Å². The van der Waals surface area contributed by atoms with Gasteiger partial charge in [-0.25, -0.2) is 4.98 Å². The number of methoxy groups -OCH3 is 1. The molecular formula is C17H17NO4. The standard InChI is InChI=1S/C17H17NO4/c1-21-15-6-2-11(8-13(15)9-17(19)20)12-3-7-16(18-10-12)22-14-4-5-14/h2-3,6-8,10,14H,4-5,9H2,1H3,(H,19,20). The van der Waals surface area contributed by atoms with Crippen molar-refractivity contribution < 1.29 is 19.4 Å². The summed E-state index contributed by atoms with van der Waals surface area (Å²) in [6, 6.07) is 9.27. The molecule has 1 aliphatic carbocycles. The van der Waals surface area contributed by atoms with E-state index in [1.54, 1.807) is 12.3 Å². The largest absolute Gasteiger partial charge is 0.496 e. The third-order valence-electron chi connectivity index (χ3n) is 3.50. The molecule has 1 heterocycles. The van der Waals surface area contributed by atoms with Gasteiger partial charge in [0.05, 0.1) is 13.5 Å². The highest BCUT2D eigenvalue weighted by atomic mass is 16.5. The van der Waals surface area contributed by atoms with Crippen LogP contribution in [-0.2, 0) is 11.2 Å². The molecule has 1 N–H and O–H groups in total. The van der Waals surface area contributed by atoms with Crippen molar-refractivity contribution in [3.63, 3.8) is 0 Å². The fourth-order valence-electron chi connectivity index (χ4n) is 2.24. The van der Waals surface area contributed by atoms with Gasteiger partial charge in [-0.15, -0.1) is 0 Å². The summed E-state index contributed by atoms with van der Waals surface area (Å²) < 4.78 is 10.8. The Morgan fingerprint density at radius 1 is 1.27 bits per heavy atom. The zero-order valence-electron chi connectivity index (χ0n) is 12.3. The first-order valence-corrected chi connectivity index (χ1v) is 7.17. The first kappa shape index (κ1) is 14.4. The van der Waals surface area contributed by atoms with Crippen molar-refractivity contribution in [1.29, 1.82) is 0 Å². The number of rotatable bonds is 6. The number of nitrogens with zero attached hydrogens (tertiary/aromatic N) is 1. The molecular weight excluding hydrogens is 282 g/mol. The highest BCUT2D eigenvalue weighted by Gasteiger charge is 2.23. The Kier molecular flexibility index (Phi) is 3.96. The van der Waals surface area contributed by atoms with Crippen LogP contribution in [0.15, 0.2) is 36.5 Å². The summed E-state index contributed by atoms with van der Waals surface area (Å²) in [6.45, 7) is 0. The van der Waals surface area contributed by atoms with Crippen LogP contribution in [0.5, 0.6) is 11.6 Å². The Hall–Kier alpha value is -2.56. The molecule has 0 atom stereocenters. The maximum atomic E-state index is 11.0. The minimum Gasteiger partial charge on any atom is -0.496 e. The van der Waals surface area contributed by atoms with Crippen LogP contribution in [0.4, 0.5) is 0 Å². The Morgan fingerprint density at radius 2 is 2.05 bits per heavy atom. The average Bonchev–Trinajstić information content (AvgIpc) is 3.31. The van der Waals surface area contributed by atoms with Gasteiger partial charge in [0.15, 0.2) is 0 Å². The van der Waals surface area contributed by atoms with Crippen LogP contribution in [0, 0.1) is 0 Å². The molecule has 0 unspecified atom stereocenters. The van der Waals surface area contributed by atoms with Crippen molar-refractivity contribution in [3.8, 4) is 22.8 Å². The number of hydrogen-bond donors (Lipinski definition) is 1. The second-order valence-corrected chi connectivity index (χ2v) is 5.30. The normalized spacial score (nSPS) is 13.7. The van der Waals surface area contributed by atoms with E-state index in [9.17, 15) is 4.79 Å². The molecule has 2 aromatic rings. The quantitative estimate of drug-likeness (QED) is 0.888. The molecule has 22 heavy (non-hydrogen) atoms. The van der Waals surface area contributed by atoms with Gasteiger partial charge in [0.25, 0.3) is 0 Å². The van der Waals surface area contributed by atoms with Crippen LogP contribution in [-0.4, -0.2) is 29.3 Å². The molecule has 1 aliphatic rings. The average molecular weight is 299 g/mol. The predicted molar refractivity (Wildman–Crippen MR) is 81.2 cm³/mol. The summed E-state index contributed by atoms with van der Waals surface area (Å²) in [4.78, 5) is 15.3. The van der Waals surface area contributed by atoms with E-state index in [4.69, 9.17) is 14.6 Å². The van der Waals surface area contributed by atoms with E-state index in [2.05, 4.69) is 4.98 Å². The molecule has 0 aliphatic heterocycles. The third-order valence-corrected chi connectivity index (χ3v) is 3.50. The van der Waals surface area contributed by atoms with Gasteiger partial charge in [0, 0.05) is 23.4 Å². The Morgan fingerprint density at radius 3 is 2.64 bits per heavy atom. The van der Waals surface area contributed by atoms with Gasteiger partial charge in [-0.05, 0) is 36.6 Å². The summed E-state index contributed by atoms with van der Waals surface area (Å²) in [6.07, 6.45) is 4.18. The first-order valence-electron chi connectivity index (χ1n) is 7.17. The van der Waals surface area contributed by atoms with E-state index in [1.807, 2.05) is 24.3 Å². The number of carbonyl (C=O) groups is 1. The molecule has 1 aromatic carbocycles. The lowest BCUT2D eigenvalue weighted by molar-refractivity contribution is -0.136. The molecule has 0 spiro atoms. The maximum Gasteiger partial charge on any atom is 0.307 e. The second kappa shape index (κ2) is 6.05. The van der Waals surface area contributed by atoms with Gasteiger partial charge in [-0.2, -0.15) is 0 Å². The first-order chi connectivity index (χ1) is 10.7. The Bertz CT molecular complexity index is 678. The van der Waals surface area contributed by atoms with E-state index in [0.717, 1.165) is 24.0 Å². The fourth-order valence-corrected chi connectivity index (χ4v) is 2.24. The number of carboxylic acids is 1. The second-order valence-electron chi connectivity index (χ2n) is 5.30. The van der Waals surface area contributed by atoms with E-state index < -0.39 is 5.97 Å². The molecule has 1 fully saturated rings. The molecule has 0 bridgehead atoms. The van der Waals surface area contributed by atoms with E-state index >= 15 is 0 Å². The molecule has 0 saturated heterocycles. The summed E-state index contributed by atoms with van der Waals surface area (Å²) in [5.74, 6) is 0.320. The van der Waals surface area contributed by atoms with Gasteiger partial charge in [0.2, 0.25) is 5.88 Å². The van der Waals surface area contributed by atoms with Gasteiger partial charge in [-0.1, -0.05) is 6.07 Å². The van der Waals surface area contributed by atoms with Crippen LogP contribution < -0.4 is 9.47 Å². The van der Waals surface area contributed by atoms with E-state index in [-0.39, 0.29) is 6.42 Å². The van der Waals surface area contributed by atoms with Crippen LogP contribution in [0.2, 0.25) is 0 Å². The number of ether oxygens (including phenoxy) is 2. The number of hydrogen-bond acceptors (Lipinski definition) is 4. The van der Waals surface area contributed by atoms with Crippen LogP contribution in [0.1, 0.15) is 18.4 Å². The van der Waals surface area contributed by atoms with Crippen molar-refractivity contribution in [3.05, 3.63) is 42.1 Å². The summed E-state index contributed by atoms with van der Waals surface area (Å²) in [5.41, 5.74) is 2.46. The van der Waals surface area contributed by atoms with Crippen molar-refractivity contribution in [1.82, 2.24) is 4.98 Å².